The number of hydrogen-bond acceptors (Lipinski definition) is 3. The molecule has 0 aliphatic heterocycles. The SMILES string of the molecule is C#CCNCc1cccnn1. The minimum atomic E-state index is 0.566. The van der Waals surface area contributed by atoms with E-state index in [-0.39, 0.29) is 0 Å². The van der Waals surface area contributed by atoms with Crippen molar-refractivity contribution in [3.8, 4) is 12.3 Å². The monoisotopic (exact) mass is 147 g/mol. The summed E-state index contributed by atoms with van der Waals surface area (Å²) in [6.07, 6.45) is 6.69. The molecule has 0 radical (unpaired) electrons. The standard InChI is InChI=1S/C8H9N3/c1-2-5-9-7-8-4-3-6-10-11-8/h1,3-4,6,9H,5,7H2. The summed E-state index contributed by atoms with van der Waals surface area (Å²) in [7, 11) is 0. The Kier molecular flexibility index (Phi) is 3.10. The summed E-state index contributed by atoms with van der Waals surface area (Å²) in [5, 5.41) is 10.6. The second-order valence-corrected chi connectivity index (χ2v) is 2.02. The molecule has 0 atom stereocenters. The zero-order valence-electron chi connectivity index (χ0n) is 6.12. The smallest absolute Gasteiger partial charge is 0.0769 e. The Morgan fingerprint density at radius 1 is 1.64 bits per heavy atom. The van der Waals surface area contributed by atoms with E-state index in [0.29, 0.717) is 13.1 Å². The first-order valence-corrected chi connectivity index (χ1v) is 3.34. The lowest BCUT2D eigenvalue weighted by molar-refractivity contribution is 0.732. The Labute approximate surface area is 65.8 Å². The maximum Gasteiger partial charge on any atom is 0.0769 e. The molecule has 1 aromatic rings. The van der Waals surface area contributed by atoms with Crippen LogP contribution in [0.3, 0.4) is 0 Å². The molecule has 0 spiro atoms. The molecule has 0 fully saturated rings. The molecule has 0 bridgehead atoms. The largest absolute Gasteiger partial charge is 0.300 e. The van der Waals surface area contributed by atoms with Crippen LogP contribution in [-0.2, 0) is 6.54 Å². The Hall–Kier alpha value is -1.40. The van der Waals surface area contributed by atoms with E-state index in [1.807, 2.05) is 12.1 Å². The molecule has 0 aromatic carbocycles. The molecule has 0 aliphatic rings. The molecule has 3 heteroatoms. The fraction of sp³-hybridized carbons (Fsp3) is 0.250. The van der Waals surface area contributed by atoms with Gasteiger partial charge in [0.15, 0.2) is 0 Å². The number of nitrogens with zero attached hydrogens (tertiary/aromatic N) is 2. The average molecular weight is 147 g/mol. The van der Waals surface area contributed by atoms with E-state index in [1.54, 1.807) is 6.20 Å². The summed E-state index contributed by atoms with van der Waals surface area (Å²) in [6, 6.07) is 3.75. The summed E-state index contributed by atoms with van der Waals surface area (Å²) >= 11 is 0. The van der Waals surface area contributed by atoms with Crippen molar-refractivity contribution in [2.75, 3.05) is 6.54 Å². The van der Waals surface area contributed by atoms with Gasteiger partial charge in [0.1, 0.15) is 0 Å². The summed E-state index contributed by atoms with van der Waals surface area (Å²) in [5.41, 5.74) is 0.905. The second kappa shape index (κ2) is 4.42. The highest BCUT2D eigenvalue weighted by molar-refractivity contribution is 4.99. The highest BCUT2D eigenvalue weighted by atomic mass is 15.1. The van der Waals surface area contributed by atoms with Gasteiger partial charge in [0.05, 0.1) is 12.2 Å². The lowest BCUT2D eigenvalue weighted by Crippen LogP contribution is -2.14. The maximum atomic E-state index is 5.04. The van der Waals surface area contributed by atoms with Crippen LogP contribution in [0, 0.1) is 12.3 Å². The number of terminal acetylenes is 1. The fourth-order valence-corrected chi connectivity index (χ4v) is 0.690. The molecule has 1 rings (SSSR count). The molecule has 1 N–H and O–H groups in total. The third kappa shape index (κ3) is 2.78. The topological polar surface area (TPSA) is 37.8 Å². The van der Waals surface area contributed by atoms with E-state index in [2.05, 4.69) is 21.4 Å². The highest BCUT2D eigenvalue weighted by Gasteiger charge is 1.89. The van der Waals surface area contributed by atoms with Crippen molar-refractivity contribution >= 4 is 0 Å². The van der Waals surface area contributed by atoms with Gasteiger partial charge in [-0.2, -0.15) is 10.2 Å². The lowest BCUT2D eigenvalue weighted by Gasteiger charge is -1.96. The van der Waals surface area contributed by atoms with Crippen LogP contribution in [0.25, 0.3) is 0 Å². The van der Waals surface area contributed by atoms with Gasteiger partial charge in [-0.05, 0) is 12.1 Å². The van der Waals surface area contributed by atoms with Gasteiger partial charge < -0.3 is 5.32 Å². The molecule has 1 heterocycles. The maximum absolute atomic E-state index is 5.04. The Balaban J connectivity index is 2.35. The minimum absolute atomic E-state index is 0.566. The van der Waals surface area contributed by atoms with Crippen molar-refractivity contribution in [2.45, 2.75) is 6.54 Å². The van der Waals surface area contributed by atoms with E-state index >= 15 is 0 Å². The van der Waals surface area contributed by atoms with Crippen LogP contribution in [0.4, 0.5) is 0 Å². The van der Waals surface area contributed by atoms with E-state index in [1.165, 1.54) is 0 Å². The van der Waals surface area contributed by atoms with Gasteiger partial charge in [-0.25, -0.2) is 0 Å². The third-order valence-corrected chi connectivity index (χ3v) is 1.16. The molecule has 0 unspecified atom stereocenters. The summed E-state index contributed by atoms with van der Waals surface area (Å²) in [4.78, 5) is 0. The van der Waals surface area contributed by atoms with Crippen LogP contribution in [0.5, 0.6) is 0 Å². The van der Waals surface area contributed by atoms with Gasteiger partial charge in [-0.15, -0.1) is 6.42 Å². The van der Waals surface area contributed by atoms with Crippen LogP contribution in [0.1, 0.15) is 5.69 Å². The summed E-state index contributed by atoms with van der Waals surface area (Å²) < 4.78 is 0. The minimum Gasteiger partial charge on any atom is -0.300 e. The van der Waals surface area contributed by atoms with Crippen molar-refractivity contribution in [3.05, 3.63) is 24.0 Å². The first-order chi connectivity index (χ1) is 5.43. The Morgan fingerprint density at radius 2 is 2.55 bits per heavy atom. The van der Waals surface area contributed by atoms with Crippen LogP contribution in [-0.4, -0.2) is 16.7 Å². The normalized spacial score (nSPS) is 9.00. The predicted molar refractivity (Wildman–Crippen MR) is 42.6 cm³/mol. The molecule has 11 heavy (non-hydrogen) atoms. The molecule has 0 amide bonds. The fourth-order valence-electron chi connectivity index (χ4n) is 0.690. The van der Waals surface area contributed by atoms with Crippen molar-refractivity contribution in [1.82, 2.24) is 15.5 Å². The van der Waals surface area contributed by atoms with Gasteiger partial charge in [0, 0.05) is 12.7 Å². The Bertz CT molecular complexity index is 237. The van der Waals surface area contributed by atoms with Crippen molar-refractivity contribution < 1.29 is 0 Å². The third-order valence-electron chi connectivity index (χ3n) is 1.16. The zero-order chi connectivity index (χ0) is 7.94. The second-order valence-electron chi connectivity index (χ2n) is 2.02. The van der Waals surface area contributed by atoms with Gasteiger partial charge >= 0.3 is 0 Å². The first-order valence-electron chi connectivity index (χ1n) is 3.34. The number of rotatable bonds is 3. The number of hydrogen-bond donors (Lipinski definition) is 1. The zero-order valence-corrected chi connectivity index (χ0v) is 6.12. The molecule has 0 saturated heterocycles. The molecule has 56 valence electrons. The van der Waals surface area contributed by atoms with Gasteiger partial charge in [-0.3, -0.25) is 0 Å². The lowest BCUT2D eigenvalue weighted by atomic mass is 10.4. The van der Waals surface area contributed by atoms with Crippen LogP contribution in [0.2, 0.25) is 0 Å². The Morgan fingerprint density at radius 3 is 3.18 bits per heavy atom. The van der Waals surface area contributed by atoms with Crippen LogP contribution < -0.4 is 5.32 Å². The quantitative estimate of drug-likeness (QED) is 0.490. The number of nitrogens with one attached hydrogen (secondary N) is 1. The molecule has 0 aliphatic carbocycles. The average Bonchev–Trinajstić information content (AvgIpc) is 2.07. The molecule has 1 aromatic heterocycles. The van der Waals surface area contributed by atoms with Crippen molar-refractivity contribution in [1.29, 1.82) is 0 Å². The molecule has 0 saturated carbocycles. The molecule has 3 nitrogen and oxygen atoms in total. The van der Waals surface area contributed by atoms with E-state index in [9.17, 15) is 0 Å². The van der Waals surface area contributed by atoms with Crippen LogP contribution >= 0.6 is 0 Å². The van der Waals surface area contributed by atoms with E-state index in [0.717, 1.165) is 5.69 Å². The first kappa shape index (κ1) is 7.70. The summed E-state index contributed by atoms with van der Waals surface area (Å²) in [5.74, 6) is 2.48. The van der Waals surface area contributed by atoms with Gasteiger partial charge in [-0.1, -0.05) is 5.92 Å². The van der Waals surface area contributed by atoms with Crippen molar-refractivity contribution in [3.63, 3.8) is 0 Å². The van der Waals surface area contributed by atoms with Gasteiger partial charge in [0.2, 0.25) is 0 Å². The van der Waals surface area contributed by atoms with Crippen molar-refractivity contribution in [2.24, 2.45) is 0 Å². The predicted octanol–water partition coefficient (Wildman–Crippen LogP) is 0.199. The van der Waals surface area contributed by atoms with E-state index in [4.69, 9.17) is 6.42 Å². The van der Waals surface area contributed by atoms with Gasteiger partial charge in [0.25, 0.3) is 0 Å². The van der Waals surface area contributed by atoms with Crippen LogP contribution in [0.15, 0.2) is 18.3 Å². The molecular weight excluding hydrogens is 138 g/mol. The van der Waals surface area contributed by atoms with E-state index < -0.39 is 0 Å². The highest BCUT2D eigenvalue weighted by Crippen LogP contribution is 1.88. The number of aromatic nitrogens is 2. The summed E-state index contributed by atoms with van der Waals surface area (Å²) in [6.45, 7) is 1.24. The molecular formula is C8H9N3.